The first-order chi connectivity index (χ1) is 8.04. The number of hydrogen-bond donors (Lipinski definition) is 1. The van der Waals surface area contributed by atoms with Crippen LogP contribution >= 0.6 is 0 Å². The zero-order valence-corrected chi connectivity index (χ0v) is 12.6. The SMILES string of the molecule is CCC1(C)NC(=O)C(C)N(C(C)C(C)(C)C)C1=O. The van der Waals surface area contributed by atoms with Gasteiger partial charge in [0.1, 0.15) is 11.6 Å². The van der Waals surface area contributed by atoms with E-state index in [1.807, 2.05) is 20.8 Å². The highest BCUT2D eigenvalue weighted by atomic mass is 16.2. The van der Waals surface area contributed by atoms with Crippen LogP contribution < -0.4 is 5.32 Å². The predicted octanol–water partition coefficient (Wildman–Crippen LogP) is 1.94. The van der Waals surface area contributed by atoms with E-state index in [0.717, 1.165) is 0 Å². The van der Waals surface area contributed by atoms with E-state index < -0.39 is 11.6 Å². The monoisotopic (exact) mass is 254 g/mol. The number of nitrogens with zero attached hydrogens (tertiary/aromatic N) is 1. The molecule has 1 saturated heterocycles. The van der Waals surface area contributed by atoms with Gasteiger partial charge in [0.2, 0.25) is 11.8 Å². The van der Waals surface area contributed by atoms with Crippen LogP contribution in [-0.2, 0) is 9.59 Å². The number of carbonyl (C=O) groups is 2. The molecule has 0 aliphatic carbocycles. The van der Waals surface area contributed by atoms with Crippen molar-refractivity contribution in [1.29, 1.82) is 0 Å². The largest absolute Gasteiger partial charge is 0.340 e. The van der Waals surface area contributed by atoms with Crippen LogP contribution in [0, 0.1) is 5.41 Å². The van der Waals surface area contributed by atoms with Gasteiger partial charge in [0.05, 0.1) is 0 Å². The number of rotatable bonds is 2. The van der Waals surface area contributed by atoms with Crippen molar-refractivity contribution in [2.45, 2.75) is 72.5 Å². The summed E-state index contributed by atoms with van der Waals surface area (Å²) in [5.74, 6) is -0.0328. The number of nitrogens with one attached hydrogen (secondary N) is 1. The first kappa shape index (κ1) is 15.0. The van der Waals surface area contributed by atoms with E-state index in [2.05, 4.69) is 26.1 Å². The molecule has 4 heteroatoms. The molecule has 0 aromatic heterocycles. The Morgan fingerprint density at radius 3 is 2.28 bits per heavy atom. The van der Waals surface area contributed by atoms with Gasteiger partial charge in [0.15, 0.2) is 0 Å². The van der Waals surface area contributed by atoms with Crippen molar-refractivity contribution in [3.05, 3.63) is 0 Å². The summed E-state index contributed by atoms with van der Waals surface area (Å²) in [6.07, 6.45) is 0.609. The van der Waals surface area contributed by atoms with Crippen molar-refractivity contribution in [1.82, 2.24) is 10.2 Å². The van der Waals surface area contributed by atoms with Crippen LogP contribution in [0.15, 0.2) is 0 Å². The van der Waals surface area contributed by atoms with Gasteiger partial charge in [0, 0.05) is 6.04 Å². The molecule has 3 unspecified atom stereocenters. The molecule has 0 saturated carbocycles. The lowest BCUT2D eigenvalue weighted by molar-refractivity contribution is -0.158. The molecular weight excluding hydrogens is 228 g/mol. The molecule has 4 nitrogen and oxygen atoms in total. The second-order valence-corrected chi connectivity index (χ2v) is 6.61. The minimum absolute atomic E-state index is 0.0249. The molecule has 0 bridgehead atoms. The highest BCUT2D eigenvalue weighted by Crippen LogP contribution is 2.30. The molecule has 0 spiro atoms. The lowest BCUT2D eigenvalue weighted by Gasteiger charge is -2.48. The summed E-state index contributed by atoms with van der Waals surface area (Å²) < 4.78 is 0. The van der Waals surface area contributed by atoms with E-state index in [1.54, 1.807) is 11.8 Å². The molecule has 0 radical (unpaired) electrons. The fourth-order valence-corrected chi connectivity index (χ4v) is 2.19. The molecule has 1 heterocycles. The number of piperazine rings is 1. The summed E-state index contributed by atoms with van der Waals surface area (Å²) >= 11 is 0. The average molecular weight is 254 g/mol. The van der Waals surface area contributed by atoms with E-state index in [1.165, 1.54) is 0 Å². The van der Waals surface area contributed by atoms with Gasteiger partial charge in [-0.3, -0.25) is 9.59 Å². The Morgan fingerprint density at radius 2 is 1.89 bits per heavy atom. The van der Waals surface area contributed by atoms with Gasteiger partial charge < -0.3 is 10.2 Å². The first-order valence-electron chi connectivity index (χ1n) is 6.69. The standard InChI is InChI=1S/C14H26N2O2/c1-8-14(7)12(18)16(9(2)11(17)15-14)10(3)13(4,5)6/h9-10H,8H2,1-7H3,(H,15,17). The normalized spacial score (nSPS) is 31.3. The van der Waals surface area contributed by atoms with Gasteiger partial charge in [-0.25, -0.2) is 0 Å². The van der Waals surface area contributed by atoms with Crippen molar-refractivity contribution in [2.24, 2.45) is 5.41 Å². The second kappa shape index (κ2) is 4.56. The number of carbonyl (C=O) groups excluding carboxylic acids is 2. The summed E-state index contributed by atoms with van der Waals surface area (Å²) in [4.78, 5) is 26.4. The molecule has 104 valence electrons. The minimum atomic E-state index is -0.761. The van der Waals surface area contributed by atoms with E-state index in [4.69, 9.17) is 0 Å². The Hall–Kier alpha value is -1.06. The highest BCUT2D eigenvalue weighted by molar-refractivity contribution is 5.99. The number of hydrogen-bond acceptors (Lipinski definition) is 2. The van der Waals surface area contributed by atoms with Crippen LogP contribution in [0.5, 0.6) is 0 Å². The van der Waals surface area contributed by atoms with Gasteiger partial charge in [-0.05, 0) is 32.6 Å². The molecule has 1 N–H and O–H groups in total. The summed E-state index contributed by atoms with van der Waals surface area (Å²) in [7, 11) is 0. The van der Waals surface area contributed by atoms with Crippen LogP contribution in [0.25, 0.3) is 0 Å². The topological polar surface area (TPSA) is 49.4 Å². The molecule has 0 aromatic carbocycles. The van der Waals surface area contributed by atoms with Crippen LogP contribution in [0.4, 0.5) is 0 Å². The lowest BCUT2D eigenvalue weighted by atomic mass is 9.83. The van der Waals surface area contributed by atoms with Crippen LogP contribution in [0.1, 0.15) is 54.9 Å². The Balaban J connectivity index is 3.15. The van der Waals surface area contributed by atoms with E-state index in [9.17, 15) is 9.59 Å². The molecule has 2 amide bonds. The average Bonchev–Trinajstić information content (AvgIpc) is 2.25. The smallest absolute Gasteiger partial charge is 0.248 e. The summed E-state index contributed by atoms with van der Waals surface area (Å²) in [5.41, 5.74) is -0.806. The van der Waals surface area contributed by atoms with Gasteiger partial charge in [-0.1, -0.05) is 27.7 Å². The second-order valence-electron chi connectivity index (χ2n) is 6.61. The van der Waals surface area contributed by atoms with E-state index in [0.29, 0.717) is 6.42 Å². The van der Waals surface area contributed by atoms with E-state index >= 15 is 0 Å². The maximum Gasteiger partial charge on any atom is 0.248 e. The van der Waals surface area contributed by atoms with Gasteiger partial charge in [-0.2, -0.15) is 0 Å². The van der Waals surface area contributed by atoms with Crippen molar-refractivity contribution in [3.63, 3.8) is 0 Å². The van der Waals surface area contributed by atoms with Gasteiger partial charge in [-0.15, -0.1) is 0 Å². The quantitative estimate of drug-likeness (QED) is 0.818. The third-order valence-electron chi connectivity index (χ3n) is 4.28. The van der Waals surface area contributed by atoms with Crippen molar-refractivity contribution < 1.29 is 9.59 Å². The molecule has 1 aliphatic rings. The summed E-state index contributed by atoms with van der Waals surface area (Å²) in [6, 6.07) is -0.372. The molecule has 3 atom stereocenters. The maximum atomic E-state index is 12.6. The fraction of sp³-hybridized carbons (Fsp3) is 0.857. The maximum absolute atomic E-state index is 12.6. The molecule has 18 heavy (non-hydrogen) atoms. The van der Waals surface area contributed by atoms with Crippen LogP contribution in [0.3, 0.4) is 0 Å². The fourth-order valence-electron chi connectivity index (χ4n) is 2.19. The molecule has 1 aliphatic heterocycles. The summed E-state index contributed by atoms with van der Waals surface area (Å²) in [6.45, 7) is 13.8. The molecule has 1 fully saturated rings. The van der Waals surface area contributed by atoms with Crippen molar-refractivity contribution >= 4 is 11.8 Å². The third kappa shape index (κ3) is 2.38. The zero-order chi connectivity index (χ0) is 14.3. The Morgan fingerprint density at radius 1 is 1.39 bits per heavy atom. The van der Waals surface area contributed by atoms with Crippen molar-refractivity contribution in [2.75, 3.05) is 0 Å². The Kier molecular flexibility index (Phi) is 3.80. The first-order valence-corrected chi connectivity index (χ1v) is 6.69. The van der Waals surface area contributed by atoms with Crippen molar-refractivity contribution in [3.8, 4) is 0 Å². The summed E-state index contributed by atoms with van der Waals surface area (Å²) in [5, 5.41) is 2.85. The zero-order valence-electron chi connectivity index (χ0n) is 12.6. The highest BCUT2D eigenvalue weighted by Gasteiger charge is 2.48. The number of amides is 2. The van der Waals surface area contributed by atoms with Crippen LogP contribution in [0.2, 0.25) is 0 Å². The third-order valence-corrected chi connectivity index (χ3v) is 4.28. The van der Waals surface area contributed by atoms with Gasteiger partial charge >= 0.3 is 0 Å². The van der Waals surface area contributed by atoms with E-state index in [-0.39, 0.29) is 23.3 Å². The molecular formula is C14H26N2O2. The minimum Gasteiger partial charge on any atom is -0.340 e. The lowest BCUT2D eigenvalue weighted by Crippen LogP contribution is -2.71. The molecule has 0 aromatic rings. The molecule has 1 rings (SSSR count). The Labute approximate surface area is 110 Å². The van der Waals surface area contributed by atoms with Crippen LogP contribution in [-0.4, -0.2) is 34.3 Å². The Bertz CT molecular complexity index is 359. The predicted molar refractivity (Wildman–Crippen MR) is 72.1 cm³/mol. The van der Waals surface area contributed by atoms with Gasteiger partial charge in [0.25, 0.3) is 0 Å².